The molecule has 0 radical (unpaired) electrons. The summed E-state index contributed by atoms with van der Waals surface area (Å²) in [7, 11) is 1.35. The first-order valence-electron chi connectivity index (χ1n) is 12.6. The Morgan fingerprint density at radius 1 is 1.17 bits per heavy atom. The number of benzene rings is 1. The highest BCUT2D eigenvalue weighted by Gasteiger charge is 2.23. The van der Waals surface area contributed by atoms with E-state index in [9.17, 15) is 9.59 Å². The van der Waals surface area contributed by atoms with Gasteiger partial charge < -0.3 is 14.6 Å². The summed E-state index contributed by atoms with van der Waals surface area (Å²) >= 11 is 2.70. The highest BCUT2D eigenvalue weighted by atomic mass is 32.2. The summed E-state index contributed by atoms with van der Waals surface area (Å²) < 4.78 is 7.13. The van der Waals surface area contributed by atoms with E-state index in [-0.39, 0.29) is 11.7 Å². The Balaban J connectivity index is 1.40. The molecule has 0 bridgehead atoms. The molecule has 7 nitrogen and oxygen atoms in total. The van der Waals surface area contributed by atoms with Crippen LogP contribution in [-0.4, -0.2) is 39.5 Å². The first-order valence-corrected chi connectivity index (χ1v) is 14.5. The predicted octanol–water partition coefficient (Wildman–Crippen LogP) is 6.37. The van der Waals surface area contributed by atoms with Crippen LogP contribution >= 0.6 is 23.1 Å². The fourth-order valence-corrected chi connectivity index (χ4v) is 6.53. The van der Waals surface area contributed by atoms with Crippen molar-refractivity contribution in [3.05, 3.63) is 46.6 Å². The summed E-state index contributed by atoms with van der Waals surface area (Å²) in [6, 6.07) is 7.93. The van der Waals surface area contributed by atoms with Crippen molar-refractivity contribution in [2.75, 3.05) is 18.2 Å². The Bertz CT molecular complexity index is 1180. The first-order chi connectivity index (χ1) is 17.5. The normalized spacial score (nSPS) is 14.1. The summed E-state index contributed by atoms with van der Waals surface area (Å²) in [6.07, 6.45) is 8.78. The van der Waals surface area contributed by atoms with Gasteiger partial charge in [0.05, 0.1) is 12.9 Å². The molecule has 1 amide bonds. The van der Waals surface area contributed by atoms with Crippen LogP contribution in [0.15, 0.2) is 34.8 Å². The minimum absolute atomic E-state index is 0.180. The number of thiophene rings is 1. The Labute approximate surface area is 221 Å². The van der Waals surface area contributed by atoms with Crippen molar-refractivity contribution in [1.29, 1.82) is 0 Å². The van der Waals surface area contributed by atoms with Gasteiger partial charge in [-0.1, -0.05) is 73.7 Å². The molecular formula is C27H34N4O3S2. The molecule has 36 heavy (non-hydrogen) atoms. The molecule has 1 saturated carbocycles. The molecule has 1 aliphatic rings. The Morgan fingerprint density at radius 2 is 1.92 bits per heavy atom. The fraction of sp³-hybridized carbons (Fsp3) is 0.481. The molecule has 1 aromatic carbocycles. The summed E-state index contributed by atoms with van der Waals surface area (Å²) in [5.74, 6) is 1.31. The van der Waals surface area contributed by atoms with E-state index >= 15 is 0 Å². The fourth-order valence-electron chi connectivity index (χ4n) is 4.73. The molecule has 1 aliphatic carbocycles. The summed E-state index contributed by atoms with van der Waals surface area (Å²) in [5.41, 5.74) is 3.18. The number of rotatable bonds is 10. The third-order valence-corrected chi connectivity index (χ3v) is 8.60. The van der Waals surface area contributed by atoms with Crippen molar-refractivity contribution in [2.24, 2.45) is 5.92 Å². The van der Waals surface area contributed by atoms with Crippen LogP contribution in [0.2, 0.25) is 0 Å². The lowest BCUT2D eigenvalue weighted by Crippen LogP contribution is -2.16. The van der Waals surface area contributed by atoms with Gasteiger partial charge in [0, 0.05) is 23.9 Å². The number of nitrogens with zero attached hydrogens (tertiary/aromatic N) is 3. The van der Waals surface area contributed by atoms with Crippen molar-refractivity contribution in [3.63, 3.8) is 0 Å². The van der Waals surface area contributed by atoms with E-state index in [0.29, 0.717) is 10.6 Å². The van der Waals surface area contributed by atoms with E-state index < -0.39 is 5.97 Å². The SMILES string of the molecule is CCn1c(CCC2CCCCC2)nnc1SCC(=O)Nc1scc(-c2ccc(C)cc2)c1C(=O)OC. The molecule has 9 heteroatoms. The maximum atomic E-state index is 12.8. The van der Waals surface area contributed by atoms with Crippen LogP contribution in [0.4, 0.5) is 5.00 Å². The second-order valence-corrected chi connectivity index (χ2v) is 11.1. The van der Waals surface area contributed by atoms with Gasteiger partial charge in [0.25, 0.3) is 0 Å². The molecule has 1 fully saturated rings. The van der Waals surface area contributed by atoms with Crippen LogP contribution in [0, 0.1) is 12.8 Å². The predicted molar refractivity (Wildman–Crippen MR) is 146 cm³/mol. The van der Waals surface area contributed by atoms with Crippen molar-refractivity contribution in [2.45, 2.75) is 70.5 Å². The van der Waals surface area contributed by atoms with Crippen molar-refractivity contribution in [3.8, 4) is 11.1 Å². The lowest BCUT2D eigenvalue weighted by atomic mass is 9.86. The van der Waals surface area contributed by atoms with Gasteiger partial charge in [-0.3, -0.25) is 4.79 Å². The Hall–Kier alpha value is -2.65. The molecule has 0 aliphatic heterocycles. The molecule has 3 aromatic rings. The second kappa shape index (κ2) is 12.5. The van der Waals surface area contributed by atoms with Crippen LogP contribution in [-0.2, 0) is 22.5 Å². The number of aryl methyl sites for hydroxylation is 2. The van der Waals surface area contributed by atoms with Crippen LogP contribution in [0.3, 0.4) is 0 Å². The van der Waals surface area contributed by atoms with Gasteiger partial charge in [-0.25, -0.2) is 4.79 Å². The molecule has 0 saturated heterocycles. The smallest absolute Gasteiger partial charge is 0.341 e. The minimum Gasteiger partial charge on any atom is -0.465 e. The average Bonchev–Trinajstić information content (AvgIpc) is 3.50. The van der Waals surface area contributed by atoms with Gasteiger partial charge in [-0.05, 0) is 31.7 Å². The van der Waals surface area contributed by atoms with Crippen molar-refractivity contribution in [1.82, 2.24) is 14.8 Å². The van der Waals surface area contributed by atoms with Gasteiger partial charge in [-0.2, -0.15) is 0 Å². The summed E-state index contributed by atoms with van der Waals surface area (Å²) in [4.78, 5) is 25.4. The molecule has 0 spiro atoms. The third kappa shape index (κ3) is 6.37. The van der Waals surface area contributed by atoms with Gasteiger partial charge in [0.2, 0.25) is 5.91 Å². The number of esters is 1. The highest BCUT2D eigenvalue weighted by Crippen LogP contribution is 2.36. The summed E-state index contributed by atoms with van der Waals surface area (Å²) in [5, 5.41) is 14.8. The van der Waals surface area contributed by atoms with E-state index in [2.05, 4.69) is 27.0 Å². The zero-order chi connectivity index (χ0) is 25.5. The number of aromatic nitrogens is 3. The van der Waals surface area contributed by atoms with Crippen LogP contribution in [0.25, 0.3) is 11.1 Å². The lowest BCUT2D eigenvalue weighted by molar-refractivity contribution is -0.113. The largest absolute Gasteiger partial charge is 0.465 e. The van der Waals surface area contributed by atoms with Gasteiger partial charge >= 0.3 is 5.97 Å². The van der Waals surface area contributed by atoms with Crippen molar-refractivity contribution >= 4 is 40.0 Å². The Morgan fingerprint density at radius 3 is 2.61 bits per heavy atom. The number of thioether (sulfide) groups is 1. The maximum absolute atomic E-state index is 12.8. The molecule has 4 rings (SSSR count). The molecule has 2 aromatic heterocycles. The van der Waals surface area contributed by atoms with Crippen molar-refractivity contribution < 1.29 is 14.3 Å². The molecule has 2 heterocycles. The molecular weight excluding hydrogens is 492 g/mol. The quantitative estimate of drug-likeness (QED) is 0.244. The van der Waals surface area contributed by atoms with E-state index in [4.69, 9.17) is 4.74 Å². The number of hydrogen-bond acceptors (Lipinski definition) is 7. The number of carbonyl (C=O) groups is 2. The topological polar surface area (TPSA) is 86.1 Å². The number of hydrogen-bond donors (Lipinski definition) is 1. The summed E-state index contributed by atoms with van der Waals surface area (Å²) in [6.45, 7) is 4.87. The monoisotopic (exact) mass is 526 g/mol. The van der Waals surface area contributed by atoms with Crippen LogP contribution in [0.5, 0.6) is 0 Å². The van der Waals surface area contributed by atoms with Crippen LogP contribution in [0.1, 0.15) is 67.2 Å². The second-order valence-electron chi connectivity index (χ2n) is 9.23. The van der Waals surface area contributed by atoms with E-state index in [0.717, 1.165) is 53.0 Å². The number of amides is 1. The zero-order valence-electron chi connectivity index (χ0n) is 21.2. The number of nitrogens with one attached hydrogen (secondary N) is 1. The van der Waals surface area contributed by atoms with E-state index in [1.54, 1.807) is 0 Å². The van der Waals surface area contributed by atoms with Gasteiger partial charge in [0.1, 0.15) is 16.4 Å². The molecule has 1 N–H and O–H groups in total. The number of ether oxygens (including phenoxy) is 1. The number of methoxy groups -OCH3 is 1. The zero-order valence-corrected chi connectivity index (χ0v) is 22.8. The standard InChI is InChI=1S/C27H34N4O3S2/c1-4-31-22(15-12-19-8-6-5-7-9-19)29-30-27(31)36-17-23(32)28-25-24(26(33)34-3)21(16-35-25)20-13-10-18(2)11-14-20/h10-11,13-14,16,19H,4-9,12,15,17H2,1-3H3,(H,28,32). The lowest BCUT2D eigenvalue weighted by Gasteiger charge is -2.21. The number of carbonyl (C=O) groups excluding carboxylic acids is 2. The first kappa shape index (κ1) is 26.4. The van der Waals surface area contributed by atoms with E-state index in [1.165, 1.54) is 62.3 Å². The highest BCUT2D eigenvalue weighted by molar-refractivity contribution is 7.99. The molecule has 0 atom stereocenters. The number of anilines is 1. The van der Waals surface area contributed by atoms with Gasteiger partial charge in [-0.15, -0.1) is 21.5 Å². The van der Waals surface area contributed by atoms with E-state index in [1.807, 2.05) is 36.6 Å². The van der Waals surface area contributed by atoms with Crippen LogP contribution < -0.4 is 5.32 Å². The Kier molecular flexibility index (Phi) is 9.20. The molecule has 192 valence electrons. The maximum Gasteiger partial charge on any atom is 0.341 e. The van der Waals surface area contributed by atoms with Gasteiger partial charge in [0.15, 0.2) is 5.16 Å². The molecule has 0 unspecified atom stereocenters. The average molecular weight is 527 g/mol. The third-order valence-electron chi connectivity index (χ3n) is 6.74. The minimum atomic E-state index is -0.469.